The van der Waals surface area contributed by atoms with E-state index in [-0.39, 0.29) is 0 Å². The van der Waals surface area contributed by atoms with Crippen molar-refractivity contribution >= 4 is 65.4 Å². The zero-order chi connectivity index (χ0) is 44.9. The van der Waals surface area contributed by atoms with Gasteiger partial charge in [-0.2, -0.15) is 0 Å². The minimum Gasteiger partial charge on any atom is -0.309 e. The van der Waals surface area contributed by atoms with Crippen LogP contribution in [-0.2, 0) is 0 Å². The van der Waals surface area contributed by atoms with Gasteiger partial charge in [0.15, 0.2) is 0 Å². The number of fused-ring (bicyclic) bond motifs is 9. The highest BCUT2D eigenvalue weighted by Gasteiger charge is 2.21. The lowest BCUT2D eigenvalue weighted by molar-refractivity contribution is 1.14. The Morgan fingerprint density at radius 1 is 0.313 bits per heavy atom. The smallest absolute Gasteiger partial charge is 0.0708 e. The summed E-state index contributed by atoms with van der Waals surface area (Å²) in [5.74, 6) is 0. The van der Waals surface area contributed by atoms with E-state index in [1.165, 1.54) is 116 Å². The van der Waals surface area contributed by atoms with Crippen molar-refractivity contribution < 1.29 is 0 Å². The van der Waals surface area contributed by atoms with E-state index < -0.39 is 0 Å². The van der Waals surface area contributed by atoms with Gasteiger partial charge in [-0.25, -0.2) is 0 Å². The van der Waals surface area contributed by atoms with Crippen LogP contribution in [0.25, 0.3) is 116 Å². The molecule has 0 aliphatic rings. The Balaban J connectivity index is 0.912. The first-order valence-electron chi connectivity index (χ1n) is 23.2. The van der Waals surface area contributed by atoms with Crippen LogP contribution in [0.5, 0.6) is 0 Å². The van der Waals surface area contributed by atoms with Crippen molar-refractivity contribution in [2.24, 2.45) is 0 Å². The van der Waals surface area contributed by atoms with Crippen molar-refractivity contribution in [2.75, 3.05) is 0 Å². The Labute approximate surface area is 389 Å². The molecular formula is C63H46N4. The van der Waals surface area contributed by atoms with Crippen molar-refractivity contribution in [3.63, 3.8) is 0 Å². The van der Waals surface area contributed by atoms with Gasteiger partial charge in [-0.1, -0.05) is 121 Å². The van der Waals surface area contributed by atoms with E-state index in [0.717, 1.165) is 22.5 Å². The molecule has 67 heavy (non-hydrogen) atoms. The Bertz CT molecular complexity index is 4050. The van der Waals surface area contributed by atoms with Crippen molar-refractivity contribution in [2.45, 2.75) is 27.7 Å². The molecule has 0 amide bonds. The highest BCUT2D eigenvalue weighted by molar-refractivity contribution is 6.13. The summed E-state index contributed by atoms with van der Waals surface area (Å²) in [6.07, 6.45) is 1.97. The molecule has 0 aliphatic heterocycles. The summed E-state index contributed by atoms with van der Waals surface area (Å²) in [6, 6.07) is 73.3. The lowest BCUT2D eigenvalue weighted by Crippen LogP contribution is -2.01. The van der Waals surface area contributed by atoms with E-state index in [1.54, 1.807) is 0 Å². The molecule has 0 bridgehead atoms. The molecule has 0 aliphatic carbocycles. The Kier molecular flexibility index (Phi) is 8.75. The van der Waals surface area contributed by atoms with E-state index in [2.05, 4.69) is 242 Å². The predicted molar refractivity (Wildman–Crippen MR) is 283 cm³/mol. The van der Waals surface area contributed by atoms with Crippen LogP contribution in [0.3, 0.4) is 0 Å². The number of aromatic nitrogens is 4. The van der Waals surface area contributed by atoms with E-state index in [9.17, 15) is 0 Å². The standard InChI is InChI=1S/C63H46N4/c1-39-28-32-55(67-60-27-14-9-22-51(60)52-38-46(30-33-61(52)67)65-56-23-10-5-18-47(56)48-19-6-11-24-57(48)65)41(3)62(39)44-17-15-16-43(36-44)53-37-45(34-35-64-53)63-40(2)29-31-54(42(63)4)66-58-25-12-7-20-49(58)50-21-8-13-26-59(50)66/h5-38H,1-4H3. The third kappa shape index (κ3) is 5.89. The zero-order valence-electron chi connectivity index (χ0n) is 37.9. The molecule has 0 N–H and O–H groups in total. The van der Waals surface area contributed by atoms with Crippen molar-refractivity contribution in [1.82, 2.24) is 18.7 Å². The number of hydrogen-bond donors (Lipinski definition) is 0. The molecule has 9 aromatic carbocycles. The van der Waals surface area contributed by atoms with Crippen LogP contribution >= 0.6 is 0 Å². The van der Waals surface area contributed by atoms with E-state index in [0.29, 0.717) is 0 Å². The van der Waals surface area contributed by atoms with Crippen molar-refractivity contribution in [3.05, 3.63) is 229 Å². The van der Waals surface area contributed by atoms with Gasteiger partial charge < -0.3 is 13.7 Å². The molecule has 0 unspecified atom stereocenters. The summed E-state index contributed by atoms with van der Waals surface area (Å²) in [7, 11) is 0. The molecule has 0 atom stereocenters. The first-order chi connectivity index (χ1) is 32.9. The van der Waals surface area contributed by atoms with Gasteiger partial charge in [-0.15, -0.1) is 0 Å². The van der Waals surface area contributed by atoms with Gasteiger partial charge in [0.05, 0.1) is 38.8 Å². The molecule has 0 saturated carbocycles. The predicted octanol–water partition coefficient (Wildman–Crippen LogP) is 16.6. The highest BCUT2D eigenvalue weighted by Crippen LogP contribution is 2.42. The van der Waals surface area contributed by atoms with Gasteiger partial charge in [0, 0.05) is 61.1 Å². The normalized spacial score (nSPS) is 11.9. The van der Waals surface area contributed by atoms with E-state index in [1.807, 2.05) is 6.20 Å². The Morgan fingerprint density at radius 3 is 1.24 bits per heavy atom. The van der Waals surface area contributed by atoms with Gasteiger partial charge >= 0.3 is 0 Å². The van der Waals surface area contributed by atoms with Crippen LogP contribution in [0.4, 0.5) is 0 Å². The largest absolute Gasteiger partial charge is 0.309 e. The quantitative estimate of drug-likeness (QED) is 0.164. The maximum absolute atomic E-state index is 5.00. The number of nitrogens with zero attached hydrogens (tertiary/aromatic N) is 4. The fourth-order valence-electron chi connectivity index (χ4n) is 11.4. The molecule has 4 heteroatoms. The van der Waals surface area contributed by atoms with Gasteiger partial charge in [-0.05, 0) is 151 Å². The van der Waals surface area contributed by atoms with Crippen molar-refractivity contribution in [3.8, 4) is 50.6 Å². The second-order valence-corrected chi connectivity index (χ2v) is 18.1. The molecule has 318 valence electrons. The third-order valence-electron chi connectivity index (χ3n) is 14.3. The summed E-state index contributed by atoms with van der Waals surface area (Å²) >= 11 is 0. The summed E-state index contributed by atoms with van der Waals surface area (Å²) in [6.45, 7) is 9.00. The SMILES string of the molecule is Cc1ccc(-n2c3ccccc3c3ccccc32)c(C)c1-c1ccnc(-c2cccc(-c3c(C)ccc(-n4c5ccccc5c5cc(-n6c7ccccc7c7ccccc76)ccc54)c3C)c2)c1. The fourth-order valence-corrected chi connectivity index (χ4v) is 11.4. The van der Waals surface area contributed by atoms with E-state index in [4.69, 9.17) is 4.98 Å². The average molecular weight is 859 g/mol. The maximum atomic E-state index is 5.00. The summed E-state index contributed by atoms with van der Waals surface area (Å²) in [4.78, 5) is 5.00. The van der Waals surface area contributed by atoms with Crippen LogP contribution in [-0.4, -0.2) is 18.7 Å². The Morgan fingerprint density at radius 2 is 0.731 bits per heavy atom. The lowest BCUT2D eigenvalue weighted by Gasteiger charge is -2.19. The van der Waals surface area contributed by atoms with Gasteiger partial charge in [0.25, 0.3) is 0 Å². The molecule has 0 fully saturated rings. The summed E-state index contributed by atoms with van der Waals surface area (Å²) in [5.41, 5.74) is 22.6. The second-order valence-electron chi connectivity index (χ2n) is 18.1. The third-order valence-corrected chi connectivity index (χ3v) is 14.3. The molecular weight excluding hydrogens is 813 g/mol. The zero-order valence-corrected chi connectivity index (χ0v) is 37.9. The number of para-hydroxylation sites is 5. The average Bonchev–Trinajstić information content (AvgIpc) is 4.00. The highest BCUT2D eigenvalue weighted by atomic mass is 15.0. The second kappa shape index (κ2) is 15.0. The molecule has 0 radical (unpaired) electrons. The summed E-state index contributed by atoms with van der Waals surface area (Å²) < 4.78 is 7.30. The molecule has 0 saturated heterocycles. The molecule has 0 spiro atoms. The maximum Gasteiger partial charge on any atom is 0.0708 e. The van der Waals surface area contributed by atoms with Crippen molar-refractivity contribution in [1.29, 1.82) is 0 Å². The number of hydrogen-bond acceptors (Lipinski definition) is 1. The molecule has 13 rings (SSSR count). The molecule has 4 nitrogen and oxygen atoms in total. The first kappa shape index (κ1) is 38.9. The number of aryl methyl sites for hydroxylation is 2. The molecule has 4 heterocycles. The lowest BCUT2D eigenvalue weighted by atomic mass is 9.91. The van der Waals surface area contributed by atoms with Gasteiger partial charge in [0.2, 0.25) is 0 Å². The van der Waals surface area contributed by atoms with Crippen LogP contribution in [0.1, 0.15) is 22.3 Å². The van der Waals surface area contributed by atoms with Crippen LogP contribution in [0, 0.1) is 27.7 Å². The topological polar surface area (TPSA) is 27.7 Å². The Hall–Kier alpha value is -8.47. The fraction of sp³-hybridized carbons (Fsp3) is 0.0635. The monoisotopic (exact) mass is 858 g/mol. The number of benzene rings is 9. The minimum atomic E-state index is 0.952. The molecule has 4 aromatic heterocycles. The number of rotatable bonds is 6. The van der Waals surface area contributed by atoms with Crippen LogP contribution < -0.4 is 0 Å². The minimum absolute atomic E-state index is 0.952. The molecule has 13 aromatic rings. The van der Waals surface area contributed by atoms with E-state index >= 15 is 0 Å². The summed E-state index contributed by atoms with van der Waals surface area (Å²) in [5, 5.41) is 7.53. The first-order valence-corrected chi connectivity index (χ1v) is 23.2. The van der Waals surface area contributed by atoms with Crippen LogP contribution in [0.15, 0.2) is 206 Å². The number of pyridine rings is 1. The van der Waals surface area contributed by atoms with Crippen LogP contribution in [0.2, 0.25) is 0 Å². The van der Waals surface area contributed by atoms with Gasteiger partial charge in [0.1, 0.15) is 0 Å². The van der Waals surface area contributed by atoms with Gasteiger partial charge in [-0.3, -0.25) is 4.98 Å².